The average molecular weight is 787 g/mol. The summed E-state index contributed by atoms with van der Waals surface area (Å²) >= 11 is 0. The average Bonchev–Trinajstić information content (AvgIpc) is 3.16. The topological polar surface area (TPSA) is 55.4 Å². The minimum absolute atomic E-state index is 0.325. The first-order valence-electron chi connectivity index (χ1n) is 18.9. The molecule has 0 aliphatic heterocycles. The number of para-hydroxylation sites is 4. The molecule has 0 spiro atoms. The highest BCUT2D eigenvalue weighted by molar-refractivity contribution is 7.43. The van der Waals surface area contributed by atoms with Crippen LogP contribution in [-0.4, -0.2) is 0 Å². The van der Waals surface area contributed by atoms with E-state index in [1.165, 1.54) is 0 Å². The maximum absolute atomic E-state index is 7.18. The van der Waals surface area contributed by atoms with Gasteiger partial charge in [0, 0.05) is 22.3 Å². The molecule has 6 rings (SSSR count). The van der Waals surface area contributed by atoms with E-state index in [0.29, 0.717) is 34.5 Å². The summed E-state index contributed by atoms with van der Waals surface area (Å²) in [6, 6.07) is 43.1. The van der Waals surface area contributed by atoms with Crippen molar-refractivity contribution in [3.05, 3.63) is 167 Å². The van der Waals surface area contributed by atoms with E-state index in [-0.39, 0.29) is 10.8 Å². The lowest BCUT2D eigenvalue weighted by Gasteiger charge is -2.32. The van der Waals surface area contributed by atoms with Crippen molar-refractivity contribution < 1.29 is 27.1 Å². The van der Waals surface area contributed by atoms with Crippen LogP contribution in [0.2, 0.25) is 0 Å². The molecule has 0 saturated heterocycles. The van der Waals surface area contributed by atoms with E-state index < -0.39 is 17.2 Å². The fourth-order valence-electron chi connectivity index (χ4n) is 6.22. The zero-order chi connectivity index (χ0) is 40.0. The van der Waals surface area contributed by atoms with Crippen LogP contribution in [0.4, 0.5) is 0 Å². The second kappa shape index (κ2) is 17.4. The van der Waals surface area contributed by atoms with Gasteiger partial charge in [0.1, 0.15) is 34.5 Å². The van der Waals surface area contributed by atoms with Crippen LogP contribution in [0.3, 0.4) is 0 Å². The fraction of sp³-hybridized carbons (Fsp3) is 0.250. The molecule has 0 aromatic heterocycles. The lowest BCUT2D eigenvalue weighted by Crippen LogP contribution is -2.18. The fourth-order valence-corrected chi connectivity index (χ4v) is 8.30. The van der Waals surface area contributed by atoms with Crippen LogP contribution >= 0.6 is 17.2 Å². The van der Waals surface area contributed by atoms with Crippen molar-refractivity contribution in [2.24, 2.45) is 0 Å². The van der Waals surface area contributed by atoms with Crippen LogP contribution in [0.5, 0.6) is 34.5 Å². The lowest BCUT2D eigenvalue weighted by molar-refractivity contribution is 0.379. The molecule has 290 valence electrons. The summed E-state index contributed by atoms with van der Waals surface area (Å²) in [5.41, 5.74) is 7.56. The highest BCUT2D eigenvalue weighted by Crippen LogP contribution is 2.56. The van der Waals surface area contributed by atoms with E-state index in [2.05, 4.69) is 81.4 Å². The first-order chi connectivity index (χ1) is 26.7. The zero-order valence-corrected chi connectivity index (χ0v) is 35.8. The van der Waals surface area contributed by atoms with Gasteiger partial charge in [-0.05, 0) is 109 Å². The van der Waals surface area contributed by atoms with Gasteiger partial charge in [0.25, 0.3) is 0 Å². The molecule has 6 aromatic carbocycles. The molecule has 56 heavy (non-hydrogen) atoms. The molecule has 0 bridgehead atoms. The molecule has 0 fully saturated rings. The summed E-state index contributed by atoms with van der Waals surface area (Å²) < 4.78 is 40.6. The van der Waals surface area contributed by atoms with Crippen molar-refractivity contribution in [1.82, 2.24) is 0 Å². The molecule has 0 atom stereocenters. The molecule has 0 aliphatic carbocycles. The van der Waals surface area contributed by atoms with E-state index >= 15 is 0 Å². The summed E-state index contributed by atoms with van der Waals surface area (Å²) in [6.07, 6.45) is 0. The van der Waals surface area contributed by atoms with Gasteiger partial charge in [0.2, 0.25) is 0 Å². The van der Waals surface area contributed by atoms with E-state index in [1.54, 1.807) is 0 Å². The highest BCUT2D eigenvalue weighted by atomic mass is 31.2. The molecule has 0 N–H and O–H groups in total. The van der Waals surface area contributed by atoms with Crippen molar-refractivity contribution in [3.8, 4) is 45.6 Å². The van der Waals surface area contributed by atoms with Gasteiger partial charge in [0.05, 0.1) is 0 Å². The van der Waals surface area contributed by atoms with Gasteiger partial charge < -0.3 is 27.1 Å². The Hall–Kier alpha value is -5.02. The first kappa shape index (κ1) is 40.6. The van der Waals surface area contributed by atoms with Crippen LogP contribution in [0.25, 0.3) is 11.1 Å². The second-order valence-electron chi connectivity index (χ2n) is 15.9. The number of aryl methyl sites for hydroxylation is 2. The van der Waals surface area contributed by atoms with Gasteiger partial charge >= 0.3 is 17.2 Å². The largest absolute Gasteiger partial charge is 0.530 e. The molecule has 6 aromatic rings. The first-order valence-corrected chi connectivity index (χ1v) is 21.1. The minimum atomic E-state index is -2.01. The second-order valence-corrected chi connectivity index (χ2v) is 17.9. The van der Waals surface area contributed by atoms with Gasteiger partial charge in [-0.2, -0.15) is 0 Å². The lowest BCUT2D eigenvalue weighted by atomic mass is 9.78. The minimum Gasteiger partial charge on any atom is -0.409 e. The molecule has 0 saturated carbocycles. The number of hydrogen-bond acceptors (Lipinski definition) is 6. The zero-order valence-electron chi connectivity index (χ0n) is 34.0. The van der Waals surface area contributed by atoms with Gasteiger partial charge in [-0.15, -0.1) is 0 Å². The smallest absolute Gasteiger partial charge is 0.409 e. The Bertz CT molecular complexity index is 1970. The quantitative estimate of drug-likeness (QED) is 0.109. The molecule has 6 nitrogen and oxygen atoms in total. The SMILES string of the molecule is Cc1cc(C(C)(C)C)c(OP(Oc2ccccc2)Oc2ccccc2)c(-c2c(C)c(C)cc(C(C)(C)C)c2OP(Oc2ccccc2)Oc2ccccc2)c1C. The molecule has 0 unspecified atom stereocenters. The monoisotopic (exact) mass is 786 g/mol. The molecule has 0 heterocycles. The summed E-state index contributed by atoms with van der Waals surface area (Å²) in [5.74, 6) is 3.92. The number of rotatable bonds is 13. The maximum Gasteiger partial charge on any atom is 0.530 e. The van der Waals surface area contributed by atoms with Crippen molar-refractivity contribution in [2.75, 3.05) is 0 Å². The summed E-state index contributed by atoms with van der Waals surface area (Å²) in [7, 11) is -4.02. The van der Waals surface area contributed by atoms with Crippen LogP contribution in [0.15, 0.2) is 133 Å². The molecule has 0 amide bonds. The third-order valence-corrected chi connectivity index (χ3v) is 11.6. The Kier molecular flexibility index (Phi) is 12.6. The normalized spacial score (nSPS) is 11.7. The summed E-state index contributed by atoms with van der Waals surface area (Å²) in [6.45, 7) is 21.8. The molecular formula is C48H52O6P2. The van der Waals surface area contributed by atoms with E-state index in [9.17, 15) is 0 Å². The highest BCUT2D eigenvalue weighted by Gasteiger charge is 2.35. The third kappa shape index (κ3) is 9.85. The summed E-state index contributed by atoms with van der Waals surface area (Å²) in [4.78, 5) is 0. The predicted molar refractivity (Wildman–Crippen MR) is 232 cm³/mol. The summed E-state index contributed by atoms with van der Waals surface area (Å²) in [5, 5.41) is 0. The van der Waals surface area contributed by atoms with Crippen LogP contribution in [0.1, 0.15) is 74.9 Å². The van der Waals surface area contributed by atoms with Gasteiger partial charge in [-0.25, -0.2) is 0 Å². The Morgan fingerprint density at radius 2 is 0.607 bits per heavy atom. The van der Waals surface area contributed by atoms with Crippen molar-refractivity contribution in [1.29, 1.82) is 0 Å². The Labute approximate surface area is 335 Å². The van der Waals surface area contributed by atoms with Crippen LogP contribution in [-0.2, 0) is 10.8 Å². The predicted octanol–water partition coefficient (Wildman–Crippen LogP) is 14.7. The van der Waals surface area contributed by atoms with Gasteiger partial charge in [-0.3, -0.25) is 0 Å². The number of hydrogen-bond donors (Lipinski definition) is 0. The maximum atomic E-state index is 7.18. The van der Waals surface area contributed by atoms with Crippen molar-refractivity contribution in [2.45, 2.75) is 80.1 Å². The molecule has 0 radical (unpaired) electrons. The molecule has 8 heteroatoms. The Morgan fingerprint density at radius 1 is 0.357 bits per heavy atom. The van der Waals surface area contributed by atoms with E-state index in [1.807, 2.05) is 121 Å². The van der Waals surface area contributed by atoms with Gasteiger partial charge in [0.15, 0.2) is 0 Å². The van der Waals surface area contributed by atoms with Crippen molar-refractivity contribution >= 4 is 17.2 Å². The molecular weight excluding hydrogens is 734 g/mol. The molecule has 0 aliphatic rings. The Morgan fingerprint density at radius 3 is 0.839 bits per heavy atom. The van der Waals surface area contributed by atoms with E-state index in [4.69, 9.17) is 27.1 Å². The van der Waals surface area contributed by atoms with E-state index in [0.717, 1.165) is 44.5 Å². The van der Waals surface area contributed by atoms with Crippen LogP contribution in [0, 0.1) is 27.7 Å². The third-order valence-electron chi connectivity index (χ3n) is 9.49. The number of benzene rings is 6. The standard InChI is InChI=1S/C48H52O6P2/c1-33-31-41(47(5,6)7)45(53-55(49-37-23-15-11-16-24-37)50-38-25-17-12-18-26-38)43(35(33)3)44-36(4)34(2)32-42(48(8,9)10)46(44)54-56(51-39-27-19-13-20-28-39)52-40-29-21-14-22-30-40/h11-32H,1-10H3. The van der Waals surface area contributed by atoms with Gasteiger partial charge in [-0.1, -0.05) is 126 Å². The van der Waals surface area contributed by atoms with Crippen molar-refractivity contribution in [3.63, 3.8) is 0 Å². The van der Waals surface area contributed by atoms with Crippen LogP contribution < -0.4 is 27.1 Å². The Balaban J connectivity index is 1.61.